The van der Waals surface area contributed by atoms with Gasteiger partial charge in [0.2, 0.25) is 5.91 Å². The van der Waals surface area contributed by atoms with Gasteiger partial charge in [0, 0.05) is 35.2 Å². The van der Waals surface area contributed by atoms with Crippen molar-refractivity contribution in [2.45, 2.75) is 24.7 Å². The molecule has 0 spiro atoms. The number of sulfonamides is 1. The molecule has 4 rings (SSSR count). The van der Waals surface area contributed by atoms with Crippen molar-refractivity contribution < 1.29 is 18.0 Å². The van der Waals surface area contributed by atoms with Gasteiger partial charge in [-0.1, -0.05) is 24.3 Å². The molecule has 2 amide bonds. The first-order valence-electron chi connectivity index (χ1n) is 11.2. The Balaban J connectivity index is 1.39. The van der Waals surface area contributed by atoms with Gasteiger partial charge in [-0.25, -0.2) is 13.4 Å². The molecule has 0 aliphatic heterocycles. The largest absolute Gasteiger partial charge is 0.351 e. The highest BCUT2D eigenvalue weighted by Crippen LogP contribution is 2.21. The number of anilines is 3. The van der Waals surface area contributed by atoms with Crippen molar-refractivity contribution in [2.75, 3.05) is 15.4 Å². The minimum atomic E-state index is -3.76. The average Bonchev–Trinajstić information content (AvgIpc) is 3.39. The van der Waals surface area contributed by atoms with Crippen molar-refractivity contribution in [1.82, 2.24) is 9.97 Å². The summed E-state index contributed by atoms with van der Waals surface area (Å²) in [7, 11) is -3.76. The standard InChI is InChI=1S/C26H25N5O4S/c1-18-7-8-19(15-24(18)30-25(32)14-11-22-16-27-17-28-22)26(33)29-20-9-12-23(13-10-20)36(34,35)31-21-5-3-2-4-6-21/h2-10,12-13,15-17,31H,11,14H2,1H3,(H,27,28)(H,29,33)(H,30,32). The molecular formula is C26H25N5O4S. The fourth-order valence-corrected chi connectivity index (χ4v) is 4.48. The van der Waals surface area contributed by atoms with E-state index in [-0.39, 0.29) is 23.1 Å². The molecule has 184 valence electrons. The van der Waals surface area contributed by atoms with Crippen LogP contribution in [0.4, 0.5) is 17.1 Å². The van der Waals surface area contributed by atoms with Gasteiger partial charge >= 0.3 is 0 Å². The topological polar surface area (TPSA) is 133 Å². The number of benzene rings is 3. The minimum absolute atomic E-state index is 0.0690. The molecule has 0 unspecified atom stereocenters. The minimum Gasteiger partial charge on any atom is -0.351 e. The molecule has 3 aromatic carbocycles. The lowest BCUT2D eigenvalue weighted by Crippen LogP contribution is -2.16. The molecule has 0 saturated heterocycles. The molecule has 36 heavy (non-hydrogen) atoms. The summed E-state index contributed by atoms with van der Waals surface area (Å²) in [4.78, 5) is 32.2. The highest BCUT2D eigenvalue weighted by Gasteiger charge is 2.15. The Kier molecular flexibility index (Phi) is 7.45. The Morgan fingerprint density at radius 3 is 2.36 bits per heavy atom. The number of nitrogens with one attached hydrogen (secondary N) is 4. The fraction of sp³-hybridized carbons (Fsp3) is 0.115. The van der Waals surface area contributed by atoms with Crippen molar-refractivity contribution in [3.05, 3.63) is 102 Å². The number of para-hydroxylation sites is 1. The average molecular weight is 504 g/mol. The number of nitrogens with zero attached hydrogens (tertiary/aromatic N) is 1. The second-order valence-electron chi connectivity index (χ2n) is 8.09. The Morgan fingerprint density at radius 1 is 0.917 bits per heavy atom. The zero-order valence-corrected chi connectivity index (χ0v) is 20.3. The van der Waals surface area contributed by atoms with Crippen molar-refractivity contribution in [3.63, 3.8) is 0 Å². The van der Waals surface area contributed by atoms with Crippen molar-refractivity contribution in [1.29, 1.82) is 0 Å². The SMILES string of the molecule is Cc1ccc(C(=O)Nc2ccc(S(=O)(=O)Nc3ccccc3)cc2)cc1NC(=O)CCc1c[nH]cn1. The van der Waals surface area contributed by atoms with Gasteiger partial charge in [0.25, 0.3) is 15.9 Å². The maximum absolute atomic E-state index is 12.8. The van der Waals surface area contributed by atoms with E-state index in [2.05, 4.69) is 25.3 Å². The van der Waals surface area contributed by atoms with Crippen molar-refractivity contribution >= 4 is 38.9 Å². The molecule has 9 nitrogen and oxygen atoms in total. The van der Waals surface area contributed by atoms with E-state index in [0.29, 0.717) is 29.0 Å². The second kappa shape index (κ2) is 10.9. The van der Waals surface area contributed by atoms with Crippen molar-refractivity contribution in [3.8, 4) is 0 Å². The monoisotopic (exact) mass is 503 g/mol. The Morgan fingerprint density at radius 2 is 1.67 bits per heavy atom. The predicted molar refractivity (Wildman–Crippen MR) is 138 cm³/mol. The normalized spacial score (nSPS) is 11.0. The van der Waals surface area contributed by atoms with E-state index < -0.39 is 10.0 Å². The van der Waals surface area contributed by atoms with Gasteiger partial charge in [0.1, 0.15) is 0 Å². The Labute approximate surface area is 209 Å². The van der Waals surface area contributed by atoms with Gasteiger partial charge in [0.05, 0.1) is 16.9 Å². The third kappa shape index (κ3) is 6.36. The first kappa shape index (κ1) is 24.7. The highest BCUT2D eigenvalue weighted by atomic mass is 32.2. The first-order chi connectivity index (χ1) is 17.3. The number of H-pyrrole nitrogens is 1. The van der Waals surface area contributed by atoms with Crippen LogP contribution in [-0.4, -0.2) is 30.2 Å². The summed E-state index contributed by atoms with van der Waals surface area (Å²) >= 11 is 0. The molecule has 0 saturated carbocycles. The van der Waals surface area contributed by atoms with Crippen LogP contribution in [0.2, 0.25) is 0 Å². The van der Waals surface area contributed by atoms with Gasteiger partial charge in [-0.05, 0) is 67.4 Å². The lowest BCUT2D eigenvalue weighted by molar-refractivity contribution is -0.116. The molecule has 0 atom stereocenters. The predicted octanol–water partition coefficient (Wildman–Crippen LogP) is 4.34. The molecule has 0 bridgehead atoms. The quantitative estimate of drug-likeness (QED) is 0.270. The number of amides is 2. The zero-order chi connectivity index (χ0) is 25.5. The summed E-state index contributed by atoms with van der Waals surface area (Å²) in [6.07, 6.45) is 4.06. The zero-order valence-electron chi connectivity index (χ0n) is 19.5. The molecule has 10 heteroatoms. The number of aryl methyl sites for hydroxylation is 2. The molecule has 0 radical (unpaired) electrons. The van der Waals surface area contributed by atoms with E-state index in [4.69, 9.17) is 0 Å². The van der Waals surface area contributed by atoms with Crippen LogP contribution in [0.25, 0.3) is 0 Å². The lowest BCUT2D eigenvalue weighted by Gasteiger charge is -2.12. The highest BCUT2D eigenvalue weighted by molar-refractivity contribution is 7.92. The summed E-state index contributed by atoms with van der Waals surface area (Å²) < 4.78 is 27.7. The smallest absolute Gasteiger partial charge is 0.261 e. The number of hydrogen-bond acceptors (Lipinski definition) is 5. The van der Waals surface area contributed by atoms with Gasteiger partial charge in [-0.2, -0.15) is 0 Å². The van der Waals surface area contributed by atoms with E-state index in [1.807, 2.05) is 6.92 Å². The maximum atomic E-state index is 12.8. The van der Waals surface area contributed by atoms with Gasteiger partial charge < -0.3 is 15.6 Å². The summed E-state index contributed by atoms with van der Waals surface area (Å²) in [5.41, 5.74) is 3.40. The number of rotatable bonds is 9. The number of aromatic amines is 1. The number of carbonyl (C=O) groups excluding carboxylic acids is 2. The molecule has 0 aliphatic rings. The lowest BCUT2D eigenvalue weighted by atomic mass is 10.1. The fourth-order valence-electron chi connectivity index (χ4n) is 3.42. The molecule has 4 N–H and O–H groups in total. The summed E-state index contributed by atoms with van der Waals surface area (Å²) in [6.45, 7) is 1.84. The van der Waals surface area contributed by atoms with Crippen LogP contribution < -0.4 is 15.4 Å². The first-order valence-corrected chi connectivity index (χ1v) is 12.7. The van der Waals surface area contributed by atoms with Crippen molar-refractivity contribution in [2.24, 2.45) is 0 Å². The van der Waals surface area contributed by atoms with E-state index in [9.17, 15) is 18.0 Å². The number of hydrogen-bond donors (Lipinski definition) is 4. The van der Waals surface area contributed by atoms with Crippen LogP contribution >= 0.6 is 0 Å². The molecule has 0 fully saturated rings. The van der Waals surface area contributed by atoms with Gasteiger partial charge in [-0.3, -0.25) is 14.3 Å². The van der Waals surface area contributed by atoms with Crippen LogP contribution in [0.5, 0.6) is 0 Å². The third-order valence-electron chi connectivity index (χ3n) is 5.39. The summed E-state index contributed by atoms with van der Waals surface area (Å²) in [5.74, 6) is -0.570. The third-order valence-corrected chi connectivity index (χ3v) is 6.78. The van der Waals surface area contributed by atoms with E-state index in [1.165, 1.54) is 24.3 Å². The summed E-state index contributed by atoms with van der Waals surface area (Å²) in [6, 6.07) is 19.5. The molecule has 0 aliphatic carbocycles. The van der Waals surface area contributed by atoms with E-state index >= 15 is 0 Å². The second-order valence-corrected chi connectivity index (χ2v) is 9.77. The van der Waals surface area contributed by atoms with Crippen LogP contribution in [-0.2, 0) is 21.2 Å². The van der Waals surface area contributed by atoms with Gasteiger partial charge in [0.15, 0.2) is 0 Å². The van der Waals surface area contributed by atoms with E-state index in [1.54, 1.807) is 61.1 Å². The van der Waals surface area contributed by atoms with Crippen LogP contribution in [0.1, 0.15) is 28.0 Å². The molecule has 1 aromatic heterocycles. The van der Waals surface area contributed by atoms with Crippen LogP contribution in [0.3, 0.4) is 0 Å². The van der Waals surface area contributed by atoms with Crippen LogP contribution in [0.15, 0.2) is 90.2 Å². The van der Waals surface area contributed by atoms with E-state index in [0.717, 1.165) is 11.3 Å². The number of carbonyl (C=O) groups is 2. The summed E-state index contributed by atoms with van der Waals surface area (Å²) in [5, 5.41) is 5.60. The van der Waals surface area contributed by atoms with Gasteiger partial charge in [-0.15, -0.1) is 0 Å². The molecule has 1 heterocycles. The number of imidazole rings is 1. The Hall–Kier alpha value is -4.44. The molecular weight excluding hydrogens is 478 g/mol. The maximum Gasteiger partial charge on any atom is 0.261 e. The van der Waals surface area contributed by atoms with Crippen LogP contribution in [0, 0.1) is 6.92 Å². The Bertz CT molecular complexity index is 1450. The number of aromatic nitrogens is 2. The molecule has 4 aromatic rings.